The van der Waals surface area contributed by atoms with Crippen LogP contribution in [-0.2, 0) is 18.4 Å². The minimum absolute atomic E-state index is 0.162. The zero-order valence-electron chi connectivity index (χ0n) is 21.6. The third-order valence-electron chi connectivity index (χ3n) is 7.41. The van der Waals surface area contributed by atoms with Gasteiger partial charge in [0, 0.05) is 22.1 Å². The van der Waals surface area contributed by atoms with E-state index in [2.05, 4.69) is 106 Å². The summed E-state index contributed by atoms with van der Waals surface area (Å²) < 4.78 is 4.96. The average molecular weight is 450 g/mol. The van der Waals surface area contributed by atoms with Gasteiger partial charge in [-0.3, -0.25) is 0 Å². The summed E-state index contributed by atoms with van der Waals surface area (Å²) in [6.07, 6.45) is 8.48. The van der Waals surface area contributed by atoms with Crippen LogP contribution in [0.25, 0.3) is 39.8 Å². The number of rotatable bonds is 7. The molecule has 0 bridgehead atoms. The molecule has 2 nitrogen and oxygen atoms in total. The second kappa shape index (κ2) is 7.98. The van der Waals surface area contributed by atoms with Crippen molar-refractivity contribution in [2.45, 2.75) is 59.9 Å². The van der Waals surface area contributed by atoms with Crippen LogP contribution in [0.5, 0.6) is 0 Å². The van der Waals surface area contributed by atoms with Crippen molar-refractivity contribution in [1.29, 1.82) is 0 Å². The molecule has 34 heavy (non-hydrogen) atoms. The van der Waals surface area contributed by atoms with Crippen LogP contribution in [0, 0.1) is 11.8 Å². The van der Waals surface area contributed by atoms with Gasteiger partial charge < -0.3 is 0 Å². The molecule has 2 aromatic carbocycles. The minimum atomic E-state index is -0.162. The Morgan fingerprint density at radius 3 is 2.09 bits per heavy atom. The molecule has 1 aliphatic heterocycles. The maximum Gasteiger partial charge on any atom is 0.296 e. The van der Waals surface area contributed by atoms with Gasteiger partial charge >= 0.3 is 0 Å². The molecule has 0 N–H and O–H groups in total. The van der Waals surface area contributed by atoms with Crippen molar-refractivity contribution >= 4 is 28.6 Å². The third-order valence-corrected chi connectivity index (χ3v) is 7.41. The summed E-state index contributed by atoms with van der Waals surface area (Å²) in [6.45, 7) is 22.4. The molecule has 0 unspecified atom stereocenters. The quantitative estimate of drug-likeness (QED) is 0.254. The lowest BCUT2D eigenvalue weighted by Gasteiger charge is -2.22. The third kappa shape index (κ3) is 3.11. The van der Waals surface area contributed by atoms with Crippen LogP contribution >= 0.6 is 0 Å². The SMILES string of the molecule is C=Cc1c(C=C)[n+]2cc(-c3c(CC(C)C)cccc3CC(C)C)n3c2c2c(cccc12)C3(C)C. The summed E-state index contributed by atoms with van der Waals surface area (Å²) in [4.78, 5) is 0. The zero-order valence-corrected chi connectivity index (χ0v) is 21.6. The largest absolute Gasteiger partial charge is 0.296 e. The van der Waals surface area contributed by atoms with Gasteiger partial charge in [0.25, 0.3) is 5.65 Å². The molecule has 5 rings (SSSR count). The monoisotopic (exact) mass is 449 g/mol. The Balaban J connectivity index is 1.97. The maximum atomic E-state index is 4.20. The highest BCUT2D eigenvalue weighted by atomic mass is 15.2. The van der Waals surface area contributed by atoms with Gasteiger partial charge in [0.2, 0.25) is 0 Å². The number of benzene rings is 2. The summed E-state index contributed by atoms with van der Waals surface area (Å²) in [6, 6.07) is 13.7. The summed E-state index contributed by atoms with van der Waals surface area (Å²) in [5.41, 5.74) is 10.4. The van der Waals surface area contributed by atoms with Gasteiger partial charge in [0.15, 0.2) is 5.69 Å². The number of hydrogen-bond donors (Lipinski definition) is 0. The van der Waals surface area contributed by atoms with Crippen LogP contribution in [0.3, 0.4) is 0 Å². The molecule has 0 saturated heterocycles. The van der Waals surface area contributed by atoms with Crippen molar-refractivity contribution in [3.63, 3.8) is 0 Å². The molecule has 0 fully saturated rings. The molecular weight excluding hydrogens is 412 g/mol. The van der Waals surface area contributed by atoms with Gasteiger partial charge in [-0.2, -0.15) is 4.40 Å². The Morgan fingerprint density at radius 1 is 0.912 bits per heavy atom. The molecule has 3 heterocycles. The molecule has 1 aliphatic rings. The Morgan fingerprint density at radius 2 is 1.53 bits per heavy atom. The summed E-state index contributed by atoms with van der Waals surface area (Å²) in [7, 11) is 0. The molecule has 2 heteroatoms. The lowest BCUT2D eigenvalue weighted by Crippen LogP contribution is -2.27. The molecule has 4 aromatic rings. The first-order chi connectivity index (χ1) is 16.2. The van der Waals surface area contributed by atoms with E-state index in [1.54, 1.807) is 0 Å². The molecule has 0 aliphatic carbocycles. The molecule has 2 aromatic heterocycles. The fourth-order valence-electron chi connectivity index (χ4n) is 6.16. The van der Waals surface area contributed by atoms with Gasteiger partial charge in [0.1, 0.15) is 17.4 Å². The first kappa shape index (κ1) is 22.7. The maximum absolute atomic E-state index is 4.20. The predicted octanol–water partition coefficient (Wildman–Crippen LogP) is 7.83. The lowest BCUT2D eigenvalue weighted by atomic mass is 9.87. The second-order valence-electron chi connectivity index (χ2n) is 11.2. The zero-order chi connectivity index (χ0) is 24.4. The Labute approximate surface area is 204 Å². The molecule has 0 radical (unpaired) electrons. The first-order valence-corrected chi connectivity index (χ1v) is 12.6. The van der Waals surface area contributed by atoms with Crippen molar-refractivity contribution < 1.29 is 4.40 Å². The van der Waals surface area contributed by atoms with Gasteiger partial charge in [0.05, 0.1) is 5.39 Å². The number of hydrogen-bond acceptors (Lipinski definition) is 0. The lowest BCUT2D eigenvalue weighted by molar-refractivity contribution is -0.511. The van der Waals surface area contributed by atoms with Gasteiger partial charge in [-0.15, -0.1) is 0 Å². The van der Waals surface area contributed by atoms with Crippen molar-refractivity contribution in [2.24, 2.45) is 11.8 Å². The van der Waals surface area contributed by atoms with E-state index < -0.39 is 0 Å². The number of aromatic nitrogens is 2. The second-order valence-corrected chi connectivity index (χ2v) is 11.2. The van der Waals surface area contributed by atoms with E-state index in [1.165, 1.54) is 44.4 Å². The Hall–Kier alpha value is -3.13. The number of pyridine rings is 1. The standard InChI is InChI=1S/C32H37N2/c1-9-24-25-15-12-16-26-30(25)31-33(27(24)10-2)19-28(34(31)32(26,7)8)29-22(17-20(3)4)13-11-14-23(29)18-21(5)6/h9-16,19-21H,1-2,17-18H2,3-8H3/q+1. The van der Waals surface area contributed by atoms with Crippen LogP contribution < -0.4 is 4.40 Å². The smallest absolute Gasteiger partial charge is 0.213 e. The van der Waals surface area contributed by atoms with E-state index in [0.29, 0.717) is 11.8 Å². The van der Waals surface area contributed by atoms with Gasteiger partial charge in [-0.1, -0.05) is 83.3 Å². The summed E-state index contributed by atoms with van der Waals surface area (Å²) >= 11 is 0. The highest BCUT2D eigenvalue weighted by Crippen LogP contribution is 2.46. The van der Waals surface area contributed by atoms with Crippen molar-refractivity contribution in [3.05, 3.63) is 83.7 Å². The van der Waals surface area contributed by atoms with Crippen LogP contribution in [0.2, 0.25) is 0 Å². The van der Waals surface area contributed by atoms with Crippen molar-refractivity contribution in [1.82, 2.24) is 4.57 Å². The van der Waals surface area contributed by atoms with E-state index in [4.69, 9.17) is 0 Å². The topological polar surface area (TPSA) is 9.03 Å². The van der Waals surface area contributed by atoms with Gasteiger partial charge in [-0.05, 0) is 55.7 Å². The fraction of sp³-hybridized carbons (Fsp3) is 0.344. The molecule has 0 atom stereocenters. The van der Waals surface area contributed by atoms with Crippen LogP contribution in [0.1, 0.15) is 69.5 Å². The molecule has 0 saturated carbocycles. The molecule has 0 spiro atoms. The molecular formula is C32H37N2+. The summed E-state index contributed by atoms with van der Waals surface area (Å²) in [5.74, 6) is 1.19. The molecule has 174 valence electrons. The molecule has 0 amide bonds. The average Bonchev–Trinajstić information content (AvgIpc) is 3.27. The first-order valence-electron chi connectivity index (χ1n) is 12.6. The van der Waals surface area contributed by atoms with Gasteiger partial charge in [-0.25, -0.2) is 4.57 Å². The van der Waals surface area contributed by atoms with Crippen LogP contribution in [0.4, 0.5) is 0 Å². The number of imidazole rings is 1. The minimum Gasteiger partial charge on any atom is -0.213 e. The van der Waals surface area contributed by atoms with Crippen molar-refractivity contribution in [2.75, 3.05) is 0 Å². The van der Waals surface area contributed by atoms with E-state index >= 15 is 0 Å². The summed E-state index contributed by atoms with van der Waals surface area (Å²) in [5, 5.41) is 2.60. The van der Waals surface area contributed by atoms with Crippen molar-refractivity contribution in [3.8, 4) is 11.3 Å². The normalized spacial score (nSPS) is 14.2. The highest BCUT2D eigenvalue weighted by Gasteiger charge is 2.45. The van der Waals surface area contributed by atoms with E-state index in [9.17, 15) is 0 Å². The highest BCUT2D eigenvalue weighted by molar-refractivity contribution is 6.04. The van der Waals surface area contributed by atoms with E-state index in [-0.39, 0.29) is 5.54 Å². The van der Waals surface area contributed by atoms with Crippen LogP contribution in [0.15, 0.2) is 55.8 Å². The van der Waals surface area contributed by atoms with E-state index in [1.807, 2.05) is 12.2 Å². The Kier molecular flexibility index (Phi) is 5.31. The van der Waals surface area contributed by atoms with Crippen LogP contribution in [-0.4, -0.2) is 4.57 Å². The number of nitrogens with zero attached hydrogens (tertiary/aromatic N) is 2. The Bertz CT molecular complexity index is 1430. The van der Waals surface area contributed by atoms with E-state index in [0.717, 1.165) is 24.1 Å². The fourth-order valence-corrected chi connectivity index (χ4v) is 6.16. The predicted molar refractivity (Wildman–Crippen MR) is 146 cm³/mol.